The highest BCUT2D eigenvalue weighted by Crippen LogP contribution is 2.28. The lowest BCUT2D eigenvalue weighted by molar-refractivity contribution is -0.115. The van der Waals surface area contributed by atoms with Crippen molar-refractivity contribution in [3.63, 3.8) is 0 Å². The Labute approximate surface area is 103 Å². The van der Waals surface area contributed by atoms with E-state index in [1.165, 1.54) is 5.56 Å². The number of benzene rings is 1. The molecule has 2 N–H and O–H groups in total. The Morgan fingerprint density at radius 2 is 2.18 bits per heavy atom. The van der Waals surface area contributed by atoms with E-state index in [0.717, 1.165) is 17.7 Å². The maximum atomic E-state index is 11.3. The van der Waals surface area contributed by atoms with Crippen molar-refractivity contribution in [2.24, 2.45) is 5.92 Å². The van der Waals surface area contributed by atoms with Gasteiger partial charge in [0.2, 0.25) is 5.91 Å². The van der Waals surface area contributed by atoms with E-state index in [9.17, 15) is 4.79 Å². The molecule has 0 saturated heterocycles. The molecule has 0 saturated carbocycles. The maximum Gasteiger partial charge on any atom is 0.228 e. The highest BCUT2D eigenvalue weighted by Gasteiger charge is 2.19. The third kappa shape index (κ3) is 2.67. The number of carbonyl (C=O) groups is 1. The first-order valence-corrected chi connectivity index (χ1v) is 6.20. The number of hydrogen-bond acceptors (Lipinski definition) is 2. The second kappa shape index (κ2) is 4.88. The number of anilines is 1. The van der Waals surface area contributed by atoms with Crippen LogP contribution in [0.15, 0.2) is 18.2 Å². The molecule has 1 aromatic rings. The van der Waals surface area contributed by atoms with Crippen LogP contribution in [-0.4, -0.2) is 13.0 Å². The van der Waals surface area contributed by atoms with Gasteiger partial charge in [-0.05, 0) is 36.6 Å². The summed E-state index contributed by atoms with van der Waals surface area (Å²) in [5.41, 5.74) is 3.37. The number of amides is 1. The minimum Gasteiger partial charge on any atom is -0.326 e. The van der Waals surface area contributed by atoms with Crippen LogP contribution in [0, 0.1) is 5.92 Å². The number of hydrogen-bond donors (Lipinski definition) is 2. The van der Waals surface area contributed by atoms with Crippen LogP contribution in [0.25, 0.3) is 0 Å². The molecule has 0 bridgehead atoms. The third-order valence-electron chi connectivity index (χ3n) is 3.21. The number of fused-ring (bicyclic) bond motifs is 1. The fourth-order valence-electron chi connectivity index (χ4n) is 2.36. The van der Waals surface area contributed by atoms with Crippen molar-refractivity contribution in [1.82, 2.24) is 5.32 Å². The first kappa shape index (κ1) is 12.1. The van der Waals surface area contributed by atoms with Gasteiger partial charge in [0.15, 0.2) is 0 Å². The smallest absolute Gasteiger partial charge is 0.228 e. The third-order valence-corrected chi connectivity index (χ3v) is 3.21. The standard InChI is InChI=1S/C14H20N2O/c1-9(2)6-13(15-3)10-4-5-12-11(7-10)8-14(17)16-12/h4-5,7,9,13,15H,6,8H2,1-3H3,(H,16,17). The van der Waals surface area contributed by atoms with E-state index in [4.69, 9.17) is 0 Å². The van der Waals surface area contributed by atoms with Crippen molar-refractivity contribution in [1.29, 1.82) is 0 Å². The quantitative estimate of drug-likeness (QED) is 0.837. The van der Waals surface area contributed by atoms with Gasteiger partial charge in [-0.15, -0.1) is 0 Å². The van der Waals surface area contributed by atoms with E-state index >= 15 is 0 Å². The first-order chi connectivity index (χ1) is 8.10. The lowest BCUT2D eigenvalue weighted by Gasteiger charge is -2.19. The normalized spacial score (nSPS) is 15.9. The molecule has 1 amide bonds. The SMILES string of the molecule is CNC(CC(C)C)c1ccc2c(c1)CC(=O)N2. The second-order valence-corrected chi connectivity index (χ2v) is 5.11. The average Bonchev–Trinajstić information content (AvgIpc) is 2.64. The van der Waals surface area contributed by atoms with E-state index < -0.39 is 0 Å². The maximum absolute atomic E-state index is 11.3. The lowest BCUT2D eigenvalue weighted by atomic mass is 9.95. The number of nitrogens with one attached hydrogen (secondary N) is 2. The van der Waals surface area contributed by atoms with Crippen LogP contribution < -0.4 is 10.6 Å². The van der Waals surface area contributed by atoms with Crippen LogP contribution in [0.3, 0.4) is 0 Å². The Morgan fingerprint density at radius 3 is 2.82 bits per heavy atom. The van der Waals surface area contributed by atoms with Crippen LogP contribution in [0.5, 0.6) is 0 Å². The minimum atomic E-state index is 0.0991. The molecular weight excluding hydrogens is 212 g/mol. The van der Waals surface area contributed by atoms with Gasteiger partial charge in [-0.3, -0.25) is 4.79 Å². The van der Waals surface area contributed by atoms with Crippen molar-refractivity contribution in [3.8, 4) is 0 Å². The molecule has 1 atom stereocenters. The molecule has 0 aliphatic carbocycles. The molecule has 1 aliphatic heterocycles. The zero-order chi connectivity index (χ0) is 12.4. The molecule has 0 fully saturated rings. The first-order valence-electron chi connectivity index (χ1n) is 6.20. The van der Waals surface area contributed by atoms with Crippen molar-refractivity contribution in [2.75, 3.05) is 12.4 Å². The van der Waals surface area contributed by atoms with Crippen LogP contribution >= 0.6 is 0 Å². The van der Waals surface area contributed by atoms with Gasteiger partial charge in [-0.1, -0.05) is 26.0 Å². The van der Waals surface area contributed by atoms with Crippen LogP contribution in [0.2, 0.25) is 0 Å². The summed E-state index contributed by atoms with van der Waals surface area (Å²) in [6.45, 7) is 4.45. The Hall–Kier alpha value is -1.35. The summed E-state index contributed by atoms with van der Waals surface area (Å²) >= 11 is 0. The van der Waals surface area contributed by atoms with Crippen molar-refractivity contribution < 1.29 is 4.79 Å². The fraction of sp³-hybridized carbons (Fsp3) is 0.500. The van der Waals surface area contributed by atoms with Gasteiger partial charge >= 0.3 is 0 Å². The highest BCUT2D eigenvalue weighted by atomic mass is 16.1. The lowest BCUT2D eigenvalue weighted by Crippen LogP contribution is -2.18. The summed E-state index contributed by atoms with van der Waals surface area (Å²) in [5.74, 6) is 0.752. The fourth-order valence-corrected chi connectivity index (χ4v) is 2.36. The van der Waals surface area contributed by atoms with Crippen molar-refractivity contribution >= 4 is 11.6 Å². The Morgan fingerprint density at radius 1 is 1.41 bits per heavy atom. The average molecular weight is 232 g/mol. The zero-order valence-corrected chi connectivity index (χ0v) is 10.7. The molecule has 3 heteroatoms. The van der Waals surface area contributed by atoms with Crippen LogP contribution in [0.4, 0.5) is 5.69 Å². The van der Waals surface area contributed by atoms with Crippen LogP contribution in [0.1, 0.15) is 37.4 Å². The Bertz CT molecular complexity index is 426. The Balaban J connectivity index is 2.22. The molecule has 0 radical (unpaired) electrons. The molecule has 0 spiro atoms. The number of carbonyl (C=O) groups excluding carboxylic acids is 1. The predicted octanol–water partition coefficient (Wildman–Crippen LogP) is 2.49. The van der Waals surface area contributed by atoms with Gasteiger partial charge in [-0.2, -0.15) is 0 Å². The summed E-state index contributed by atoms with van der Waals surface area (Å²) in [6, 6.07) is 6.64. The summed E-state index contributed by atoms with van der Waals surface area (Å²) in [5, 5.41) is 6.21. The monoisotopic (exact) mass is 232 g/mol. The second-order valence-electron chi connectivity index (χ2n) is 5.11. The van der Waals surface area contributed by atoms with Gasteiger partial charge < -0.3 is 10.6 Å². The summed E-state index contributed by atoms with van der Waals surface area (Å²) < 4.78 is 0. The van der Waals surface area contributed by atoms with E-state index in [-0.39, 0.29) is 5.91 Å². The molecule has 1 aliphatic rings. The molecule has 1 heterocycles. The van der Waals surface area contributed by atoms with Crippen molar-refractivity contribution in [3.05, 3.63) is 29.3 Å². The van der Waals surface area contributed by atoms with E-state index in [1.54, 1.807) is 0 Å². The highest BCUT2D eigenvalue weighted by molar-refractivity contribution is 5.99. The number of rotatable bonds is 4. The van der Waals surface area contributed by atoms with E-state index in [0.29, 0.717) is 18.4 Å². The molecule has 92 valence electrons. The van der Waals surface area contributed by atoms with Gasteiger partial charge in [0.05, 0.1) is 6.42 Å². The van der Waals surface area contributed by atoms with Crippen molar-refractivity contribution in [2.45, 2.75) is 32.7 Å². The topological polar surface area (TPSA) is 41.1 Å². The predicted molar refractivity (Wildman–Crippen MR) is 70.0 cm³/mol. The Kier molecular flexibility index (Phi) is 3.48. The van der Waals surface area contributed by atoms with E-state index in [2.05, 4.69) is 36.6 Å². The molecule has 17 heavy (non-hydrogen) atoms. The molecule has 1 aromatic carbocycles. The molecule has 1 unspecified atom stereocenters. The van der Waals surface area contributed by atoms with Gasteiger partial charge in [0.25, 0.3) is 0 Å². The summed E-state index contributed by atoms with van der Waals surface area (Å²) in [4.78, 5) is 11.3. The summed E-state index contributed by atoms with van der Waals surface area (Å²) in [6.07, 6.45) is 1.62. The molecule has 2 rings (SSSR count). The minimum absolute atomic E-state index is 0.0991. The van der Waals surface area contributed by atoms with Crippen LogP contribution in [-0.2, 0) is 11.2 Å². The zero-order valence-electron chi connectivity index (χ0n) is 10.7. The van der Waals surface area contributed by atoms with Gasteiger partial charge in [-0.25, -0.2) is 0 Å². The van der Waals surface area contributed by atoms with E-state index in [1.807, 2.05) is 13.1 Å². The van der Waals surface area contributed by atoms with Gasteiger partial charge in [0, 0.05) is 11.7 Å². The molecule has 3 nitrogen and oxygen atoms in total. The largest absolute Gasteiger partial charge is 0.326 e. The summed E-state index contributed by atoms with van der Waals surface area (Å²) in [7, 11) is 1.99. The van der Waals surface area contributed by atoms with Gasteiger partial charge in [0.1, 0.15) is 0 Å². The molecular formula is C14H20N2O. The molecule has 0 aromatic heterocycles.